The zero-order valence-electron chi connectivity index (χ0n) is 34.5. The molecule has 2 nitrogen and oxygen atoms in total. The predicted octanol–water partition coefficient (Wildman–Crippen LogP) is 15.9. The molecule has 0 unspecified atom stereocenters. The van der Waals surface area contributed by atoms with E-state index in [0.717, 1.165) is 28.3 Å². The predicted molar refractivity (Wildman–Crippen MR) is 263 cm³/mol. The van der Waals surface area contributed by atoms with Crippen molar-refractivity contribution in [3.8, 4) is 50.2 Å². The van der Waals surface area contributed by atoms with Crippen LogP contribution < -0.4 is 4.90 Å². The molecule has 0 bridgehead atoms. The van der Waals surface area contributed by atoms with Crippen LogP contribution in [0.25, 0.3) is 72.0 Å². The summed E-state index contributed by atoms with van der Waals surface area (Å²) in [5.74, 6) is 0. The third-order valence-corrected chi connectivity index (χ3v) is 13.6. The van der Waals surface area contributed by atoms with Crippen LogP contribution in [0.5, 0.6) is 0 Å². The molecule has 0 aliphatic heterocycles. The Kier molecular flexibility index (Phi) is 7.85. The lowest BCUT2D eigenvalue weighted by atomic mass is 9.70. The van der Waals surface area contributed by atoms with Crippen LogP contribution in [-0.4, -0.2) is 4.57 Å². The van der Waals surface area contributed by atoms with Crippen LogP contribution in [-0.2, 0) is 5.41 Å². The van der Waals surface area contributed by atoms with Crippen molar-refractivity contribution in [1.82, 2.24) is 4.57 Å². The van der Waals surface area contributed by atoms with Gasteiger partial charge in [0.2, 0.25) is 0 Å². The molecule has 13 rings (SSSR count). The van der Waals surface area contributed by atoms with Gasteiger partial charge in [-0.05, 0) is 110 Å². The highest BCUT2D eigenvalue weighted by atomic mass is 15.1. The number of aromatic nitrogens is 1. The van der Waals surface area contributed by atoms with Crippen LogP contribution in [0.4, 0.5) is 17.1 Å². The molecule has 2 aliphatic carbocycles. The van der Waals surface area contributed by atoms with Crippen LogP contribution >= 0.6 is 0 Å². The van der Waals surface area contributed by atoms with E-state index < -0.39 is 5.41 Å². The summed E-state index contributed by atoms with van der Waals surface area (Å²) in [5.41, 5.74) is 21.6. The molecule has 294 valence electrons. The summed E-state index contributed by atoms with van der Waals surface area (Å²) >= 11 is 0. The van der Waals surface area contributed by atoms with Crippen LogP contribution in [0.1, 0.15) is 22.3 Å². The summed E-state index contributed by atoms with van der Waals surface area (Å²) in [6.07, 6.45) is 0. The number of anilines is 3. The number of hydrogen-bond donors (Lipinski definition) is 0. The second-order valence-corrected chi connectivity index (χ2v) is 16.8. The fourth-order valence-electron chi connectivity index (χ4n) is 11.1. The highest BCUT2D eigenvalue weighted by molar-refractivity contribution is 6.16. The van der Waals surface area contributed by atoms with Gasteiger partial charge in [-0.1, -0.05) is 194 Å². The van der Waals surface area contributed by atoms with Gasteiger partial charge in [0.15, 0.2) is 0 Å². The normalized spacial score (nSPS) is 12.9. The maximum Gasteiger partial charge on any atom is 0.0726 e. The summed E-state index contributed by atoms with van der Waals surface area (Å²) in [7, 11) is 0. The van der Waals surface area contributed by atoms with Gasteiger partial charge in [-0.3, -0.25) is 0 Å². The monoisotopic (exact) mass is 800 g/mol. The molecule has 2 heteroatoms. The number of benzene rings is 10. The average Bonchev–Trinajstić information content (AvgIpc) is 3.97. The van der Waals surface area contributed by atoms with Gasteiger partial charge < -0.3 is 9.47 Å². The minimum absolute atomic E-state index is 0.454. The minimum Gasteiger partial charge on any atom is -0.310 e. The second-order valence-electron chi connectivity index (χ2n) is 16.8. The lowest BCUT2D eigenvalue weighted by Crippen LogP contribution is -2.26. The van der Waals surface area contributed by atoms with E-state index in [-0.39, 0.29) is 0 Å². The number of hydrogen-bond acceptors (Lipinski definition) is 1. The molecule has 11 aromatic rings. The standard InChI is InChI=1S/C61H40N2/c1-4-19-41(20-5-1)43-23-16-26-45(39-43)62(46-37-38-51-58(40-46)63(44-24-8-3-9-25-44)56-35-17-30-47(59(51)56)42-21-6-2-7-22-42)57-36-18-34-55-60(57)50-29-12-15-33-54(50)61(55)52-31-13-10-27-48(52)49-28-11-14-32-53(49)61/h1-40H. The van der Waals surface area contributed by atoms with Gasteiger partial charge in [-0.15, -0.1) is 0 Å². The zero-order chi connectivity index (χ0) is 41.5. The highest BCUT2D eigenvalue weighted by Gasteiger charge is 2.52. The first-order valence-electron chi connectivity index (χ1n) is 21.9. The molecule has 1 heterocycles. The number of fused-ring (bicyclic) bond motifs is 13. The summed E-state index contributed by atoms with van der Waals surface area (Å²) in [6, 6.07) is 89.5. The molecule has 0 amide bonds. The van der Waals surface area contributed by atoms with E-state index in [9.17, 15) is 0 Å². The van der Waals surface area contributed by atoms with E-state index in [1.54, 1.807) is 0 Å². The molecule has 63 heavy (non-hydrogen) atoms. The average molecular weight is 801 g/mol. The third kappa shape index (κ3) is 5.13. The van der Waals surface area contributed by atoms with Crippen LogP contribution in [0.2, 0.25) is 0 Å². The van der Waals surface area contributed by atoms with Gasteiger partial charge in [0.05, 0.1) is 22.1 Å². The fraction of sp³-hybridized carbons (Fsp3) is 0.0164. The Morgan fingerprint density at radius 2 is 0.857 bits per heavy atom. The molecular weight excluding hydrogens is 761 g/mol. The van der Waals surface area contributed by atoms with Gasteiger partial charge in [-0.2, -0.15) is 0 Å². The second kappa shape index (κ2) is 13.9. The summed E-state index contributed by atoms with van der Waals surface area (Å²) in [5, 5.41) is 2.47. The number of rotatable bonds is 6. The van der Waals surface area contributed by atoms with Crippen molar-refractivity contribution in [2.45, 2.75) is 5.41 Å². The molecule has 0 saturated heterocycles. The van der Waals surface area contributed by atoms with E-state index >= 15 is 0 Å². The topological polar surface area (TPSA) is 8.17 Å². The van der Waals surface area contributed by atoms with E-state index in [1.165, 1.54) is 83.1 Å². The van der Waals surface area contributed by atoms with E-state index in [1.807, 2.05) is 0 Å². The Morgan fingerprint density at radius 1 is 0.333 bits per heavy atom. The lowest BCUT2D eigenvalue weighted by Gasteiger charge is -2.32. The third-order valence-electron chi connectivity index (χ3n) is 13.6. The zero-order valence-corrected chi connectivity index (χ0v) is 34.5. The van der Waals surface area contributed by atoms with Crippen LogP contribution in [0.3, 0.4) is 0 Å². The maximum atomic E-state index is 2.51. The lowest BCUT2D eigenvalue weighted by molar-refractivity contribution is 0.794. The van der Waals surface area contributed by atoms with Crippen LogP contribution in [0.15, 0.2) is 243 Å². The largest absolute Gasteiger partial charge is 0.310 e. The Morgan fingerprint density at radius 3 is 1.57 bits per heavy atom. The van der Waals surface area contributed by atoms with Crippen molar-refractivity contribution in [2.75, 3.05) is 4.90 Å². The van der Waals surface area contributed by atoms with E-state index in [2.05, 4.69) is 252 Å². The molecule has 10 aromatic carbocycles. The molecule has 0 fully saturated rings. The fourth-order valence-corrected chi connectivity index (χ4v) is 11.1. The molecule has 1 spiro atoms. The van der Waals surface area contributed by atoms with Crippen molar-refractivity contribution in [3.63, 3.8) is 0 Å². The quantitative estimate of drug-likeness (QED) is 0.163. The highest BCUT2D eigenvalue weighted by Crippen LogP contribution is 2.64. The first kappa shape index (κ1) is 35.5. The first-order chi connectivity index (χ1) is 31.3. The maximum absolute atomic E-state index is 2.51. The van der Waals surface area contributed by atoms with Gasteiger partial charge >= 0.3 is 0 Å². The van der Waals surface area contributed by atoms with Crippen molar-refractivity contribution < 1.29 is 0 Å². The van der Waals surface area contributed by atoms with Gasteiger partial charge in [0.25, 0.3) is 0 Å². The summed E-state index contributed by atoms with van der Waals surface area (Å²) in [6.45, 7) is 0. The first-order valence-corrected chi connectivity index (χ1v) is 21.9. The Balaban J connectivity index is 1.12. The molecule has 1 aromatic heterocycles. The Labute approximate surface area is 367 Å². The summed E-state index contributed by atoms with van der Waals surface area (Å²) in [4.78, 5) is 2.51. The van der Waals surface area contributed by atoms with Crippen molar-refractivity contribution in [3.05, 3.63) is 265 Å². The molecule has 0 atom stereocenters. The molecular formula is C61H40N2. The van der Waals surface area contributed by atoms with E-state index in [0.29, 0.717) is 0 Å². The van der Waals surface area contributed by atoms with Crippen molar-refractivity contribution in [2.24, 2.45) is 0 Å². The Hall–Kier alpha value is -8.20. The molecule has 0 saturated carbocycles. The van der Waals surface area contributed by atoms with Crippen molar-refractivity contribution >= 4 is 38.9 Å². The van der Waals surface area contributed by atoms with Crippen molar-refractivity contribution in [1.29, 1.82) is 0 Å². The van der Waals surface area contributed by atoms with E-state index in [4.69, 9.17) is 0 Å². The SMILES string of the molecule is c1ccc(-c2cccc(N(c3ccc4c5c(-c6ccccc6)cccc5n(-c5ccccc5)c4c3)c3cccc4c3-c3ccccc3C43c4ccccc4-c4ccccc43)c2)cc1. The van der Waals surface area contributed by atoms with Crippen LogP contribution in [0, 0.1) is 0 Å². The molecule has 2 aliphatic rings. The smallest absolute Gasteiger partial charge is 0.0726 e. The van der Waals surface area contributed by atoms with Gasteiger partial charge in [0, 0.05) is 33.4 Å². The number of nitrogens with zero attached hydrogens (tertiary/aromatic N) is 2. The minimum atomic E-state index is -0.454. The molecule has 0 N–H and O–H groups in total. The summed E-state index contributed by atoms with van der Waals surface area (Å²) < 4.78 is 2.45. The molecule has 0 radical (unpaired) electrons. The number of para-hydroxylation sites is 1. The van der Waals surface area contributed by atoms with Gasteiger partial charge in [-0.25, -0.2) is 0 Å². The van der Waals surface area contributed by atoms with Gasteiger partial charge in [0.1, 0.15) is 0 Å². The Bertz CT molecular complexity index is 3520.